The van der Waals surface area contributed by atoms with Crippen LogP contribution in [0.2, 0.25) is 5.02 Å². The summed E-state index contributed by atoms with van der Waals surface area (Å²) in [7, 11) is -1.23. The Hall–Kier alpha value is -1.59. The van der Waals surface area contributed by atoms with Gasteiger partial charge in [0, 0.05) is 16.5 Å². The molecule has 6 heteroatoms. The van der Waals surface area contributed by atoms with E-state index in [2.05, 4.69) is 5.32 Å². The number of benzene rings is 1. The summed E-state index contributed by atoms with van der Waals surface area (Å²) < 4.78 is 17.6. The first kappa shape index (κ1) is 15.8. The molecule has 4 nitrogen and oxygen atoms in total. The average molecular weight is 326 g/mol. The fraction of sp³-hybridized carbons (Fsp3) is 0.267. The molecule has 2 aromatic rings. The third kappa shape index (κ3) is 4.44. The Morgan fingerprint density at radius 3 is 2.62 bits per heavy atom. The zero-order chi connectivity index (χ0) is 15.2. The second-order valence-electron chi connectivity index (χ2n) is 4.47. The van der Waals surface area contributed by atoms with E-state index in [0.29, 0.717) is 22.2 Å². The van der Waals surface area contributed by atoms with Crippen molar-refractivity contribution in [3.8, 4) is 0 Å². The summed E-state index contributed by atoms with van der Waals surface area (Å²) in [5.41, 5.74) is 0. The number of hydrogen-bond acceptors (Lipinski definition) is 3. The Morgan fingerprint density at radius 1 is 1.24 bits per heavy atom. The number of carbonyl (C=O) groups excluding carboxylic acids is 1. The molecule has 0 spiro atoms. The Balaban J connectivity index is 2.00. The lowest BCUT2D eigenvalue weighted by Gasteiger charge is -2.01. The summed E-state index contributed by atoms with van der Waals surface area (Å²) in [5, 5.41) is 3.33. The molecular formula is C15H16ClNO3S. The monoisotopic (exact) mass is 325 g/mol. The summed E-state index contributed by atoms with van der Waals surface area (Å²) >= 11 is 5.79. The van der Waals surface area contributed by atoms with E-state index in [1.165, 1.54) is 0 Å². The highest BCUT2D eigenvalue weighted by molar-refractivity contribution is 7.84. The van der Waals surface area contributed by atoms with Gasteiger partial charge in [0.15, 0.2) is 5.76 Å². The molecule has 1 heterocycles. The summed E-state index contributed by atoms with van der Waals surface area (Å²) in [6.45, 7) is 2.58. The summed E-state index contributed by atoms with van der Waals surface area (Å²) in [4.78, 5) is 12.4. The molecule has 112 valence electrons. The maximum Gasteiger partial charge on any atom is 0.286 e. The molecule has 21 heavy (non-hydrogen) atoms. The van der Waals surface area contributed by atoms with Crippen LogP contribution in [0.1, 0.15) is 29.7 Å². The van der Waals surface area contributed by atoms with Crippen LogP contribution in [-0.4, -0.2) is 16.7 Å². The number of rotatable bonds is 6. The van der Waals surface area contributed by atoms with Gasteiger partial charge in [-0.15, -0.1) is 0 Å². The van der Waals surface area contributed by atoms with Crippen LogP contribution in [0.3, 0.4) is 0 Å². The molecular weight excluding hydrogens is 310 g/mol. The lowest BCUT2D eigenvalue weighted by molar-refractivity contribution is 0.0924. The maximum absolute atomic E-state index is 12.2. The number of amides is 1. The zero-order valence-electron chi connectivity index (χ0n) is 11.6. The van der Waals surface area contributed by atoms with E-state index < -0.39 is 10.8 Å². The molecule has 0 fully saturated rings. The van der Waals surface area contributed by atoms with Crippen LogP contribution in [0.4, 0.5) is 0 Å². The number of hydrogen-bond donors (Lipinski definition) is 1. The minimum absolute atomic E-state index is 0.225. The first-order chi connectivity index (χ1) is 10.1. The van der Waals surface area contributed by atoms with Crippen LogP contribution in [0, 0.1) is 0 Å². The second kappa shape index (κ2) is 7.43. The van der Waals surface area contributed by atoms with E-state index in [4.69, 9.17) is 16.0 Å². The highest BCUT2D eigenvalue weighted by Gasteiger charge is 2.13. The Morgan fingerprint density at radius 2 is 1.95 bits per heavy atom. The van der Waals surface area contributed by atoms with Crippen LogP contribution >= 0.6 is 11.6 Å². The zero-order valence-corrected chi connectivity index (χ0v) is 13.2. The van der Waals surface area contributed by atoms with Crippen molar-refractivity contribution in [3.05, 3.63) is 52.9 Å². The van der Waals surface area contributed by atoms with Crippen molar-refractivity contribution in [2.24, 2.45) is 0 Å². The van der Waals surface area contributed by atoms with E-state index >= 15 is 0 Å². The molecule has 0 aliphatic heterocycles. The summed E-state index contributed by atoms with van der Waals surface area (Å²) in [6, 6.07) is 10.1. The number of nitrogens with one attached hydrogen (secondary N) is 1. The standard InChI is InChI=1S/C15H16ClNO3S/c1-2-9-17-15(18)14-8-5-12(20-14)10-21(19)13-6-3-11(16)4-7-13/h3-8H,2,9-10H2,1H3,(H,17,18). The van der Waals surface area contributed by atoms with Gasteiger partial charge in [-0.3, -0.25) is 9.00 Å². The van der Waals surface area contributed by atoms with Crippen molar-refractivity contribution in [3.63, 3.8) is 0 Å². The summed E-state index contributed by atoms with van der Waals surface area (Å²) in [6.07, 6.45) is 0.861. The van der Waals surface area contributed by atoms with Crippen molar-refractivity contribution in [1.29, 1.82) is 0 Å². The molecule has 1 N–H and O–H groups in total. The van der Waals surface area contributed by atoms with E-state index in [1.807, 2.05) is 6.92 Å². The van der Waals surface area contributed by atoms with E-state index in [1.54, 1.807) is 36.4 Å². The molecule has 0 saturated heterocycles. The quantitative estimate of drug-likeness (QED) is 0.885. The molecule has 1 aromatic heterocycles. The molecule has 1 aromatic carbocycles. The fourth-order valence-electron chi connectivity index (χ4n) is 1.70. The largest absolute Gasteiger partial charge is 0.455 e. The minimum atomic E-state index is -1.23. The molecule has 0 aliphatic carbocycles. The van der Waals surface area contributed by atoms with Crippen LogP contribution < -0.4 is 5.32 Å². The van der Waals surface area contributed by atoms with Gasteiger partial charge in [-0.1, -0.05) is 18.5 Å². The normalized spacial score (nSPS) is 12.1. The molecule has 0 bridgehead atoms. The van der Waals surface area contributed by atoms with Crippen LogP contribution in [-0.2, 0) is 16.6 Å². The van der Waals surface area contributed by atoms with Crippen molar-refractivity contribution in [1.82, 2.24) is 5.32 Å². The van der Waals surface area contributed by atoms with Gasteiger partial charge in [0.05, 0.1) is 16.6 Å². The van der Waals surface area contributed by atoms with Gasteiger partial charge in [0.25, 0.3) is 5.91 Å². The Labute approximate surface area is 130 Å². The van der Waals surface area contributed by atoms with E-state index in [9.17, 15) is 9.00 Å². The van der Waals surface area contributed by atoms with E-state index in [-0.39, 0.29) is 17.4 Å². The van der Waals surface area contributed by atoms with Crippen molar-refractivity contribution < 1.29 is 13.4 Å². The average Bonchev–Trinajstić information content (AvgIpc) is 2.94. The molecule has 1 atom stereocenters. The Bertz CT molecular complexity index is 637. The molecule has 0 radical (unpaired) electrons. The van der Waals surface area contributed by atoms with E-state index in [0.717, 1.165) is 6.42 Å². The number of carbonyl (C=O) groups is 1. The number of halogens is 1. The topological polar surface area (TPSA) is 59.3 Å². The smallest absolute Gasteiger partial charge is 0.286 e. The van der Waals surface area contributed by atoms with Crippen LogP contribution in [0.15, 0.2) is 45.7 Å². The third-order valence-electron chi connectivity index (χ3n) is 2.77. The van der Waals surface area contributed by atoms with Gasteiger partial charge in [0.2, 0.25) is 0 Å². The van der Waals surface area contributed by atoms with Crippen LogP contribution in [0.25, 0.3) is 0 Å². The third-order valence-corrected chi connectivity index (χ3v) is 4.37. The van der Waals surface area contributed by atoms with Crippen molar-refractivity contribution in [2.75, 3.05) is 6.54 Å². The van der Waals surface area contributed by atoms with Crippen molar-refractivity contribution >= 4 is 28.3 Å². The van der Waals surface area contributed by atoms with Crippen LogP contribution in [0.5, 0.6) is 0 Å². The molecule has 1 unspecified atom stereocenters. The van der Waals surface area contributed by atoms with Crippen molar-refractivity contribution in [2.45, 2.75) is 24.0 Å². The molecule has 1 amide bonds. The van der Waals surface area contributed by atoms with Gasteiger partial charge in [-0.2, -0.15) is 0 Å². The lowest BCUT2D eigenvalue weighted by Crippen LogP contribution is -2.23. The molecule has 0 aliphatic rings. The summed E-state index contributed by atoms with van der Waals surface area (Å²) in [5.74, 6) is 0.736. The predicted molar refractivity (Wildman–Crippen MR) is 82.9 cm³/mol. The molecule has 2 rings (SSSR count). The van der Waals surface area contributed by atoms with Gasteiger partial charge < -0.3 is 9.73 Å². The van der Waals surface area contributed by atoms with Gasteiger partial charge in [-0.25, -0.2) is 0 Å². The fourth-order valence-corrected chi connectivity index (χ4v) is 2.85. The highest BCUT2D eigenvalue weighted by atomic mass is 35.5. The molecule has 0 saturated carbocycles. The highest BCUT2D eigenvalue weighted by Crippen LogP contribution is 2.17. The lowest BCUT2D eigenvalue weighted by atomic mass is 10.4. The maximum atomic E-state index is 12.2. The first-order valence-corrected chi connectivity index (χ1v) is 8.30. The second-order valence-corrected chi connectivity index (χ2v) is 6.35. The van der Waals surface area contributed by atoms with Gasteiger partial charge >= 0.3 is 0 Å². The minimum Gasteiger partial charge on any atom is -0.455 e. The van der Waals surface area contributed by atoms with Gasteiger partial charge in [-0.05, 0) is 42.8 Å². The number of furan rings is 1. The predicted octanol–water partition coefficient (Wildman–Crippen LogP) is 3.38. The SMILES string of the molecule is CCCNC(=O)c1ccc(CS(=O)c2ccc(Cl)cc2)o1. The first-order valence-electron chi connectivity index (χ1n) is 6.61. The van der Waals surface area contributed by atoms with Gasteiger partial charge in [0.1, 0.15) is 5.76 Å². The Kier molecular flexibility index (Phi) is 5.59.